The molecule has 1 aromatic carbocycles. The Kier molecular flexibility index (Phi) is 7.11. The molecule has 0 aliphatic carbocycles. The van der Waals surface area contributed by atoms with Gasteiger partial charge in [0.05, 0.1) is 4.92 Å². The van der Waals surface area contributed by atoms with E-state index in [9.17, 15) is 14.9 Å². The lowest BCUT2D eigenvalue weighted by atomic mass is 10.1. The van der Waals surface area contributed by atoms with Crippen molar-refractivity contribution in [1.82, 2.24) is 5.32 Å². The zero-order valence-corrected chi connectivity index (χ0v) is 12.9. The van der Waals surface area contributed by atoms with Gasteiger partial charge in [-0.25, -0.2) is 0 Å². The predicted molar refractivity (Wildman–Crippen MR) is 80.7 cm³/mol. The molecule has 0 bridgehead atoms. The molecule has 0 radical (unpaired) electrons. The third-order valence-corrected chi connectivity index (χ3v) is 2.84. The average molecular weight is 315 g/mol. The molecule has 1 rings (SSSR count). The molecule has 0 aliphatic rings. The number of nitro benzene ring substituents is 1. The Bertz CT molecular complexity index is 506. The highest BCUT2D eigenvalue weighted by Gasteiger charge is 2.19. The molecule has 0 aromatic heterocycles. The first-order valence-corrected chi connectivity index (χ1v) is 7.09. The lowest BCUT2D eigenvalue weighted by molar-refractivity contribution is -0.385. The van der Waals surface area contributed by atoms with Crippen molar-refractivity contribution in [2.45, 2.75) is 20.3 Å². The molecular formula is C14H19ClN2O4. The van der Waals surface area contributed by atoms with Crippen LogP contribution in [0.15, 0.2) is 18.2 Å². The number of hydrogen-bond donors (Lipinski definition) is 1. The minimum Gasteiger partial charge on any atom is -0.381 e. The lowest BCUT2D eigenvalue weighted by Crippen LogP contribution is -2.26. The molecule has 0 saturated carbocycles. The number of carbonyl (C=O) groups is 1. The number of nitrogens with one attached hydrogen (secondary N) is 1. The van der Waals surface area contributed by atoms with Crippen LogP contribution in [0.5, 0.6) is 0 Å². The second kappa shape index (κ2) is 8.59. The van der Waals surface area contributed by atoms with Crippen molar-refractivity contribution in [2.24, 2.45) is 5.92 Å². The Balaban J connectivity index is 2.49. The van der Waals surface area contributed by atoms with E-state index in [4.69, 9.17) is 16.3 Å². The standard InChI is InChI=1S/C14H19ClN2O4/c1-10(2)9-21-7-3-6-16-14(18)12-8-11(15)4-5-13(12)17(19)20/h4-5,8,10H,3,6-7,9H2,1-2H3,(H,16,18). The normalized spacial score (nSPS) is 10.7. The second-order valence-electron chi connectivity index (χ2n) is 5.00. The fourth-order valence-electron chi connectivity index (χ4n) is 1.64. The van der Waals surface area contributed by atoms with Crippen LogP contribution in [0.4, 0.5) is 5.69 Å². The summed E-state index contributed by atoms with van der Waals surface area (Å²) in [7, 11) is 0. The van der Waals surface area contributed by atoms with Gasteiger partial charge in [0.1, 0.15) is 5.56 Å². The Morgan fingerprint density at radius 3 is 2.81 bits per heavy atom. The van der Waals surface area contributed by atoms with E-state index < -0.39 is 10.8 Å². The molecule has 0 heterocycles. The molecule has 1 N–H and O–H groups in total. The maximum atomic E-state index is 11.9. The second-order valence-corrected chi connectivity index (χ2v) is 5.43. The molecule has 1 aromatic rings. The summed E-state index contributed by atoms with van der Waals surface area (Å²) in [6.07, 6.45) is 0.646. The number of ether oxygens (including phenoxy) is 1. The van der Waals surface area contributed by atoms with E-state index in [-0.39, 0.29) is 16.3 Å². The molecule has 6 nitrogen and oxygen atoms in total. The van der Waals surface area contributed by atoms with E-state index in [0.29, 0.717) is 32.1 Å². The highest BCUT2D eigenvalue weighted by molar-refractivity contribution is 6.31. The Labute approximate surface area is 128 Å². The van der Waals surface area contributed by atoms with Gasteiger partial charge in [0, 0.05) is 30.8 Å². The number of hydrogen-bond acceptors (Lipinski definition) is 4. The number of rotatable bonds is 8. The molecule has 0 unspecified atom stereocenters. The van der Waals surface area contributed by atoms with Crippen molar-refractivity contribution in [1.29, 1.82) is 0 Å². The van der Waals surface area contributed by atoms with Crippen LogP contribution < -0.4 is 5.32 Å². The molecule has 0 aliphatic heterocycles. The van der Waals surface area contributed by atoms with Gasteiger partial charge in [-0.1, -0.05) is 25.4 Å². The Hall–Kier alpha value is -1.66. The van der Waals surface area contributed by atoms with Gasteiger partial charge in [-0.05, 0) is 24.5 Å². The summed E-state index contributed by atoms with van der Waals surface area (Å²) < 4.78 is 5.38. The van der Waals surface area contributed by atoms with Gasteiger partial charge >= 0.3 is 0 Å². The third kappa shape index (κ3) is 6.10. The molecule has 0 saturated heterocycles. The largest absolute Gasteiger partial charge is 0.381 e. The lowest BCUT2D eigenvalue weighted by Gasteiger charge is -2.08. The highest BCUT2D eigenvalue weighted by Crippen LogP contribution is 2.22. The molecule has 0 spiro atoms. The zero-order chi connectivity index (χ0) is 15.8. The van der Waals surface area contributed by atoms with Gasteiger partial charge in [0.2, 0.25) is 0 Å². The highest BCUT2D eigenvalue weighted by atomic mass is 35.5. The fraction of sp³-hybridized carbons (Fsp3) is 0.500. The number of carbonyl (C=O) groups excluding carboxylic acids is 1. The van der Waals surface area contributed by atoms with Crippen molar-refractivity contribution in [2.75, 3.05) is 19.8 Å². The smallest absolute Gasteiger partial charge is 0.282 e. The maximum Gasteiger partial charge on any atom is 0.282 e. The summed E-state index contributed by atoms with van der Waals surface area (Å²) in [6.45, 7) is 5.71. The van der Waals surface area contributed by atoms with Crippen molar-refractivity contribution in [3.63, 3.8) is 0 Å². The molecule has 7 heteroatoms. The average Bonchev–Trinajstić information content (AvgIpc) is 2.41. The first-order chi connectivity index (χ1) is 9.91. The van der Waals surface area contributed by atoms with Gasteiger partial charge in [0.25, 0.3) is 11.6 Å². The van der Waals surface area contributed by atoms with Crippen LogP contribution in [-0.4, -0.2) is 30.6 Å². The number of benzene rings is 1. The number of nitrogens with zero attached hydrogens (tertiary/aromatic N) is 1. The molecule has 21 heavy (non-hydrogen) atoms. The van der Waals surface area contributed by atoms with Gasteiger partial charge < -0.3 is 10.1 Å². The monoisotopic (exact) mass is 314 g/mol. The number of amides is 1. The summed E-state index contributed by atoms with van der Waals surface area (Å²) in [5, 5.41) is 13.8. The summed E-state index contributed by atoms with van der Waals surface area (Å²) in [5.41, 5.74) is -0.288. The van der Waals surface area contributed by atoms with E-state index >= 15 is 0 Å². The molecule has 116 valence electrons. The van der Waals surface area contributed by atoms with Crippen LogP contribution in [0.1, 0.15) is 30.6 Å². The van der Waals surface area contributed by atoms with Gasteiger partial charge in [0.15, 0.2) is 0 Å². The number of halogens is 1. The predicted octanol–water partition coefficient (Wildman–Crippen LogP) is 3.04. The minimum absolute atomic E-state index is 0.0319. The maximum absolute atomic E-state index is 11.9. The van der Waals surface area contributed by atoms with E-state index in [0.717, 1.165) is 0 Å². The van der Waals surface area contributed by atoms with Crippen LogP contribution in [0, 0.1) is 16.0 Å². The van der Waals surface area contributed by atoms with Crippen LogP contribution in [0.2, 0.25) is 5.02 Å². The summed E-state index contributed by atoms with van der Waals surface area (Å²) in [5.74, 6) is -0.0400. The quantitative estimate of drug-likeness (QED) is 0.454. The third-order valence-electron chi connectivity index (χ3n) is 2.60. The molecular weight excluding hydrogens is 296 g/mol. The summed E-state index contributed by atoms with van der Waals surface area (Å²) in [6, 6.07) is 3.91. The van der Waals surface area contributed by atoms with Crippen LogP contribution in [0.3, 0.4) is 0 Å². The van der Waals surface area contributed by atoms with E-state index in [1.165, 1.54) is 18.2 Å². The van der Waals surface area contributed by atoms with Crippen molar-refractivity contribution < 1.29 is 14.5 Å². The van der Waals surface area contributed by atoms with E-state index in [1.54, 1.807) is 0 Å². The first-order valence-electron chi connectivity index (χ1n) is 6.71. The minimum atomic E-state index is -0.600. The summed E-state index contributed by atoms with van der Waals surface area (Å²) >= 11 is 5.78. The molecule has 1 amide bonds. The Morgan fingerprint density at radius 1 is 1.48 bits per heavy atom. The molecule has 0 atom stereocenters. The SMILES string of the molecule is CC(C)COCCCNC(=O)c1cc(Cl)ccc1[N+](=O)[O-]. The van der Waals surface area contributed by atoms with Crippen molar-refractivity contribution in [3.05, 3.63) is 38.9 Å². The van der Waals surface area contributed by atoms with E-state index in [1.807, 2.05) is 0 Å². The topological polar surface area (TPSA) is 81.5 Å². The number of nitro groups is 1. The zero-order valence-electron chi connectivity index (χ0n) is 12.1. The van der Waals surface area contributed by atoms with Gasteiger partial charge in [-0.2, -0.15) is 0 Å². The summed E-state index contributed by atoms with van der Waals surface area (Å²) in [4.78, 5) is 22.2. The molecule has 0 fully saturated rings. The van der Waals surface area contributed by atoms with Gasteiger partial charge in [-0.15, -0.1) is 0 Å². The first kappa shape index (κ1) is 17.4. The van der Waals surface area contributed by atoms with Crippen molar-refractivity contribution >= 4 is 23.2 Å². The van der Waals surface area contributed by atoms with Crippen LogP contribution in [0.25, 0.3) is 0 Å². The fourth-order valence-corrected chi connectivity index (χ4v) is 1.81. The van der Waals surface area contributed by atoms with Crippen LogP contribution in [-0.2, 0) is 4.74 Å². The van der Waals surface area contributed by atoms with Gasteiger partial charge in [-0.3, -0.25) is 14.9 Å². The van der Waals surface area contributed by atoms with Crippen LogP contribution >= 0.6 is 11.6 Å². The van der Waals surface area contributed by atoms with E-state index in [2.05, 4.69) is 19.2 Å². The Morgan fingerprint density at radius 2 is 2.19 bits per heavy atom. The van der Waals surface area contributed by atoms with Crippen molar-refractivity contribution in [3.8, 4) is 0 Å².